The summed E-state index contributed by atoms with van der Waals surface area (Å²) in [6, 6.07) is 0. The number of rotatable bonds is 4. The average Bonchev–Trinajstić information content (AvgIpc) is 2.85. The highest BCUT2D eigenvalue weighted by atomic mass is 32.2. The van der Waals surface area contributed by atoms with E-state index in [1.54, 1.807) is 0 Å². The van der Waals surface area contributed by atoms with Crippen LogP contribution in [-0.4, -0.2) is 32.0 Å². The normalized spacial score (nSPS) is 17.1. The lowest BCUT2D eigenvalue weighted by Gasteiger charge is -2.01. The minimum Gasteiger partial charge on any atom is -0.481 e. The minimum atomic E-state index is -0.841. The molecule has 1 saturated carbocycles. The van der Waals surface area contributed by atoms with E-state index in [0.29, 0.717) is 11.1 Å². The van der Waals surface area contributed by atoms with Crippen molar-refractivity contribution in [3.63, 3.8) is 0 Å². The molecule has 2 rings (SSSR count). The molecule has 1 fully saturated rings. The summed E-state index contributed by atoms with van der Waals surface area (Å²) in [4.78, 5) is 14.6. The van der Waals surface area contributed by atoms with E-state index in [1.807, 2.05) is 0 Å². The van der Waals surface area contributed by atoms with Gasteiger partial charge < -0.3 is 5.11 Å². The second kappa shape index (κ2) is 4.65. The number of thioether (sulfide) groups is 1. The van der Waals surface area contributed by atoms with Crippen LogP contribution in [0.15, 0.2) is 5.16 Å². The number of hydrogen-bond donors (Lipinski definition) is 2. The van der Waals surface area contributed by atoms with Crippen molar-refractivity contribution in [1.29, 1.82) is 0 Å². The third kappa shape index (κ3) is 2.71. The smallest absolute Gasteiger partial charge is 0.313 e. The van der Waals surface area contributed by atoms with Gasteiger partial charge in [0.2, 0.25) is 5.16 Å². The first-order valence-corrected chi connectivity index (χ1v) is 6.01. The summed E-state index contributed by atoms with van der Waals surface area (Å²) >= 11 is 1.16. The summed E-state index contributed by atoms with van der Waals surface area (Å²) in [7, 11) is 0. The molecule has 6 heteroatoms. The van der Waals surface area contributed by atoms with Crippen LogP contribution in [0.5, 0.6) is 0 Å². The Morgan fingerprint density at radius 2 is 2.27 bits per heavy atom. The molecule has 1 aromatic heterocycles. The largest absolute Gasteiger partial charge is 0.481 e. The van der Waals surface area contributed by atoms with Crippen LogP contribution in [0.2, 0.25) is 0 Å². The number of H-pyrrole nitrogens is 1. The fourth-order valence-corrected chi connectivity index (χ4v) is 2.36. The van der Waals surface area contributed by atoms with Gasteiger partial charge in [0.1, 0.15) is 5.82 Å². The van der Waals surface area contributed by atoms with Crippen molar-refractivity contribution in [1.82, 2.24) is 15.2 Å². The van der Waals surface area contributed by atoms with E-state index in [4.69, 9.17) is 5.11 Å². The molecule has 0 unspecified atom stereocenters. The maximum atomic E-state index is 10.3. The van der Waals surface area contributed by atoms with Crippen LogP contribution in [0.4, 0.5) is 0 Å². The number of carbonyl (C=O) groups is 1. The fraction of sp³-hybridized carbons (Fsp3) is 0.667. The number of aliphatic carboxylic acids is 1. The van der Waals surface area contributed by atoms with Crippen LogP contribution in [0.25, 0.3) is 0 Å². The summed E-state index contributed by atoms with van der Waals surface area (Å²) in [6.07, 6.45) is 4.84. The average molecular weight is 227 g/mol. The molecule has 1 aliphatic rings. The van der Waals surface area contributed by atoms with E-state index >= 15 is 0 Å². The molecule has 2 N–H and O–H groups in total. The topological polar surface area (TPSA) is 78.9 Å². The highest BCUT2D eigenvalue weighted by Gasteiger charge is 2.20. The number of nitrogens with one attached hydrogen (secondary N) is 1. The Balaban J connectivity index is 1.94. The van der Waals surface area contributed by atoms with Gasteiger partial charge in [-0.25, -0.2) is 4.98 Å². The molecule has 0 aliphatic heterocycles. The Morgan fingerprint density at radius 3 is 2.93 bits per heavy atom. The Kier molecular flexibility index (Phi) is 3.25. The number of aromatic amines is 1. The molecule has 1 aliphatic carbocycles. The van der Waals surface area contributed by atoms with Gasteiger partial charge in [-0.3, -0.25) is 9.89 Å². The highest BCUT2D eigenvalue weighted by molar-refractivity contribution is 7.99. The van der Waals surface area contributed by atoms with Gasteiger partial charge in [0.05, 0.1) is 5.75 Å². The molecule has 0 spiro atoms. The van der Waals surface area contributed by atoms with Crippen LogP contribution in [0.3, 0.4) is 0 Å². The van der Waals surface area contributed by atoms with E-state index in [0.717, 1.165) is 30.4 Å². The molecular formula is C9H13N3O2S. The monoisotopic (exact) mass is 227 g/mol. The van der Waals surface area contributed by atoms with Crippen molar-refractivity contribution in [2.75, 3.05) is 5.75 Å². The second-order valence-electron chi connectivity index (χ2n) is 3.67. The molecule has 82 valence electrons. The van der Waals surface area contributed by atoms with Crippen molar-refractivity contribution in [3.05, 3.63) is 5.82 Å². The Hall–Kier alpha value is -1.04. The molecule has 0 atom stereocenters. The Morgan fingerprint density at radius 1 is 1.53 bits per heavy atom. The lowest BCUT2D eigenvalue weighted by Crippen LogP contribution is -1.98. The van der Waals surface area contributed by atoms with E-state index in [-0.39, 0.29) is 5.75 Å². The maximum absolute atomic E-state index is 10.3. The van der Waals surface area contributed by atoms with Gasteiger partial charge in [-0.05, 0) is 12.8 Å². The lowest BCUT2D eigenvalue weighted by atomic mass is 10.1. The minimum absolute atomic E-state index is 0.0158. The van der Waals surface area contributed by atoms with Gasteiger partial charge in [-0.2, -0.15) is 0 Å². The highest BCUT2D eigenvalue weighted by Crippen LogP contribution is 2.32. The quantitative estimate of drug-likeness (QED) is 0.764. The SMILES string of the molecule is O=C(O)CSc1n[nH]c(C2CCCC2)n1. The van der Waals surface area contributed by atoms with Gasteiger partial charge >= 0.3 is 5.97 Å². The van der Waals surface area contributed by atoms with Crippen molar-refractivity contribution in [2.45, 2.75) is 36.8 Å². The van der Waals surface area contributed by atoms with E-state index < -0.39 is 5.97 Å². The molecule has 0 saturated heterocycles. The number of nitrogens with zero attached hydrogens (tertiary/aromatic N) is 2. The van der Waals surface area contributed by atoms with Crippen LogP contribution >= 0.6 is 11.8 Å². The third-order valence-electron chi connectivity index (χ3n) is 2.55. The zero-order chi connectivity index (χ0) is 10.7. The molecule has 15 heavy (non-hydrogen) atoms. The van der Waals surface area contributed by atoms with E-state index in [9.17, 15) is 4.79 Å². The summed E-state index contributed by atoms with van der Waals surface area (Å²) < 4.78 is 0. The molecular weight excluding hydrogens is 214 g/mol. The molecule has 1 aromatic rings. The lowest BCUT2D eigenvalue weighted by molar-refractivity contribution is -0.133. The van der Waals surface area contributed by atoms with Gasteiger partial charge in [-0.15, -0.1) is 5.10 Å². The molecule has 0 amide bonds. The molecule has 1 heterocycles. The first-order chi connectivity index (χ1) is 7.25. The zero-order valence-electron chi connectivity index (χ0n) is 8.27. The van der Waals surface area contributed by atoms with Crippen LogP contribution < -0.4 is 0 Å². The summed E-state index contributed by atoms with van der Waals surface area (Å²) in [6.45, 7) is 0. The maximum Gasteiger partial charge on any atom is 0.313 e. The van der Waals surface area contributed by atoms with Crippen molar-refractivity contribution in [2.24, 2.45) is 0 Å². The van der Waals surface area contributed by atoms with Gasteiger partial charge in [0.15, 0.2) is 0 Å². The van der Waals surface area contributed by atoms with E-state index in [1.165, 1.54) is 12.8 Å². The zero-order valence-corrected chi connectivity index (χ0v) is 9.09. The molecule has 5 nitrogen and oxygen atoms in total. The first-order valence-electron chi connectivity index (χ1n) is 5.02. The summed E-state index contributed by atoms with van der Waals surface area (Å²) in [5.74, 6) is 0.589. The Bertz CT molecular complexity index is 347. The van der Waals surface area contributed by atoms with Gasteiger partial charge in [-0.1, -0.05) is 24.6 Å². The molecule has 0 aromatic carbocycles. The molecule has 0 radical (unpaired) electrons. The number of aromatic nitrogens is 3. The van der Waals surface area contributed by atoms with Gasteiger partial charge in [0.25, 0.3) is 0 Å². The fourth-order valence-electron chi connectivity index (χ4n) is 1.83. The standard InChI is InChI=1S/C9H13N3O2S/c13-7(14)5-15-9-10-8(11-12-9)6-3-1-2-4-6/h6H,1-5H2,(H,13,14)(H,10,11,12). The van der Waals surface area contributed by atoms with Crippen molar-refractivity contribution in [3.8, 4) is 0 Å². The number of carboxylic acid groups (broad SMARTS) is 1. The van der Waals surface area contributed by atoms with Crippen LogP contribution in [-0.2, 0) is 4.79 Å². The van der Waals surface area contributed by atoms with Crippen LogP contribution in [0.1, 0.15) is 37.4 Å². The summed E-state index contributed by atoms with van der Waals surface area (Å²) in [5, 5.41) is 15.9. The number of hydrogen-bond acceptors (Lipinski definition) is 4. The predicted molar refractivity (Wildman–Crippen MR) is 56.0 cm³/mol. The second-order valence-corrected chi connectivity index (χ2v) is 4.61. The van der Waals surface area contributed by atoms with Crippen LogP contribution in [0, 0.1) is 0 Å². The predicted octanol–water partition coefficient (Wildman–Crippen LogP) is 1.64. The van der Waals surface area contributed by atoms with Gasteiger partial charge in [0, 0.05) is 5.92 Å². The Labute approximate surface area is 91.7 Å². The first kappa shape index (κ1) is 10.5. The van der Waals surface area contributed by atoms with Crippen molar-refractivity contribution >= 4 is 17.7 Å². The summed E-state index contributed by atoms with van der Waals surface area (Å²) in [5.41, 5.74) is 0. The van der Waals surface area contributed by atoms with Crippen molar-refractivity contribution < 1.29 is 9.90 Å². The van der Waals surface area contributed by atoms with E-state index in [2.05, 4.69) is 15.2 Å². The number of carboxylic acids is 1. The third-order valence-corrected chi connectivity index (χ3v) is 3.38. The molecule has 0 bridgehead atoms.